The SMILES string of the molecule is C=CC(C)Nc1ccc(C(=O)O)cc1. The van der Waals surface area contributed by atoms with Gasteiger partial charge in [-0.15, -0.1) is 6.58 Å². The van der Waals surface area contributed by atoms with Crippen molar-refractivity contribution in [3.8, 4) is 0 Å². The maximum absolute atomic E-state index is 10.6. The molecule has 0 saturated carbocycles. The third-order valence-electron chi connectivity index (χ3n) is 1.88. The minimum absolute atomic E-state index is 0.172. The number of benzene rings is 1. The lowest BCUT2D eigenvalue weighted by Crippen LogP contribution is -2.11. The molecule has 74 valence electrons. The highest BCUT2D eigenvalue weighted by Crippen LogP contribution is 2.10. The Hall–Kier alpha value is -1.77. The first kappa shape index (κ1) is 10.3. The van der Waals surface area contributed by atoms with E-state index in [-0.39, 0.29) is 6.04 Å². The first-order chi connectivity index (χ1) is 6.63. The molecule has 1 atom stereocenters. The molecule has 0 saturated heterocycles. The van der Waals surface area contributed by atoms with E-state index in [9.17, 15) is 4.79 Å². The van der Waals surface area contributed by atoms with Crippen molar-refractivity contribution in [3.63, 3.8) is 0 Å². The Labute approximate surface area is 83.1 Å². The molecule has 1 aromatic carbocycles. The monoisotopic (exact) mass is 191 g/mol. The van der Waals surface area contributed by atoms with Crippen LogP contribution < -0.4 is 5.32 Å². The van der Waals surface area contributed by atoms with Crippen LogP contribution in [0.4, 0.5) is 5.69 Å². The van der Waals surface area contributed by atoms with Crippen LogP contribution >= 0.6 is 0 Å². The highest BCUT2D eigenvalue weighted by Gasteiger charge is 2.01. The fourth-order valence-electron chi connectivity index (χ4n) is 1.03. The molecule has 3 nitrogen and oxygen atoms in total. The third kappa shape index (κ3) is 2.62. The van der Waals surface area contributed by atoms with Crippen LogP contribution in [0, 0.1) is 0 Å². The van der Waals surface area contributed by atoms with Gasteiger partial charge in [0, 0.05) is 11.7 Å². The van der Waals surface area contributed by atoms with Crippen LogP contribution in [0.2, 0.25) is 0 Å². The number of hydrogen-bond donors (Lipinski definition) is 2. The highest BCUT2D eigenvalue weighted by molar-refractivity contribution is 5.87. The molecule has 14 heavy (non-hydrogen) atoms. The van der Waals surface area contributed by atoms with Gasteiger partial charge in [-0.25, -0.2) is 4.79 Å². The van der Waals surface area contributed by atoms with Crippen molar-refractivity contribution in [3.05, 3.63) is 42.5 Å². The average molecular weight is 191 g/mol. The molecule has 0 aliphatic heterocycles. The van der Waals surface area contributed by atoms with Crippen molar-refractivity contribution < 1.29 is 9.90 Å². The summed E-state index contributed by atoms with van der Waals surface area (Å²) < 4.78 is 0. The molecular weight excluding hydrogens is 178 g/mol. The highest BCUT2D eigenvalue weighted by atomic mass is 16.4. The van der Waals surface area contributed by atoms with E-state index in [1.807, 2.05) is 6.92 Å². The Morgan fingerprint density at radius 2 is 2.07 bits per heavy atom. The van der Waals surface area contributed by atoms with Gasteiger partial charge in [-0.1, -0.05) is 6.08 Å². The summed E-state index contributed by atoms with van der Waals surface area (Å²) in [4.78, 5) is 10.6. The lowest BCUT2D eigenvalue weighted by molar-refractivity contribution is 0.0697. The topological polar surface area (TPSA) is 49.3 Å². The third-order valence-corrected chi connectivity index (χ3v) is 1.88. The lowest BCUT2D eigenvalue weighted by atomic mass is 10.2. The number of carbonyl (C=O) groups is 1. The van der Waals surface area contributed by atoms with Crippen molar-refractivity contribution in [2.75, 3.05) is 5.32 Å². The molecule has 0 spiro atoms. The van der Waals surface area contributed by atoms with Crippen LogP contribution in [-0.4, -0.2) is 17.1 Å². The van der Waals surface area contributed by atoms with E-state index < -0.39 is 5.97 Å². The van der Waals surface area contributed by atoms with Gasteiger partial charge in [0.05, 0.1) is 5.56 Å². The van der Waals surface area contributed by atoms with Crippen LogP contribution in [0.15, 0.2) is 36.9 Å². The normalized spacial score (nSPS) is 11.8. The van der Waals surface area contributed by atoms with E-state index in [2.05, 4.69) is 11.9 Å². The van der Waals surface area contributed by atoms with E-state index in [1.165, 1.54) is 0 Å². The summed E-state index contributed by atoms with van der Waals surface area (Å²) in [6.45, 7) is 5.62. The van der Waals surface area contributed by atoms with E-state index >= 15 is 0 Å². The number of carboxylic acid groups (broad SMARTS) is 1. The molecule has 0 radical (unpaired) electrons. The Bertz CT molecular complexity index is 330. The molecule has 0 heterocycles. The van der Waals surface area contributed by atoms with Crippen molar-refractivity contribution >= 4 is 11.7 Å². The number of aromatic carboxylic acids is 1. The number of anilines is 1. The second kappa shape index (κ2) is 4.46. The van der Waals surface area contributed by atoms with Crippen LogP contribution in [0.3, 0.4) is 0 Å². The summed E-state index contributed by atoms with van der Waals surface area (Å²) in [6, 6.07) is 6.79. The zero-order valence-corrected chi connectivity index (χ0v) is 8.03. The van der Waals surface area contributed by atoms with Gasteiger partial charge in [0.15, 0.2) is 0 Å². The van der Waals surface area contributed by atoms with Gasteiger partial charge >= 0.3 is 5.97 Å². The molecule has 0 fully saturated rings. The van der Waals surface area contributed by atoms with E-state index in [1.54, 1.807) is 30.3 Å². The van der Waals surface area contributed by atoms with Gasteiger partial charge in [-0.2, -0.15) is 0 Å². The Kier molecular flexibility index (Phi) is 3.29. The maximum atomic E-state index is 10.6. The second-order valence-electron chi connectivity index (χ2n) is 3.05. The largest absolute Gasteiger partial charge is 0.478 e. The Morgan fingerprint density at radius 1 is 1.50 bits per heavy atom. The summed E-state index contributed by atoms with van der Waals surface area (Å²) in [7, 11) is 0. The predicted octanol–water partition coefficient (Wildman–Crippen LogP) is 2.37. The van der Waals surface area contributed by atoms with Crippen molar-refractivity contribution in [1.82, 2.24) is 0 Å². The molecular formula is C11H13NO2. The molecule has 3 heteroatoms. The number of hydrogen-bond acceptors (Lipinski definition) is 2. The van der Waals surface area contributed by atoms with Crippen LogP contribution in [0.1, 0.15) is 17.3 Å². The molecule has 0 aromatic heterocycles. The van der Waals surface area contributed by atoms with Gasteiger partial charge < -0.3 is 10.4 Å². The number of rotatable bonds is 4. The zero-order chi connectivity index (χ0) is 10.6. The minimum atomic E-state index is -0.909. The van der Waals surface area contributed by atoms with Gasteiger partial charge in [0.25, 0.3) is 0 Å². The molecule has 1 aromatic rings. The maximum Gasteiger partial charge on any atom is 0.335 e. The molecule has 0 amide bonds. The van der Waals surface area contributed by atoms with E-state index in [0.29, 0.717) is 5.56 Å². The van der Waals surface area contributed by atoms with E-state index in [4.69, 9.17) is 5.11 Å². The molecule has 1 rings (SSSR count). The average Bonchev–Trinajstić information content (AvgIpc) is 2.18. The summed E-state index contributed by atoms with van der Waals surface area (Å²) in [5, 5.41) is 11.8. The predicted molar refractivity (Wildman–Crippen MR) is 56.7 cm³/mol. The number of carboxylic acids is 1. The van der Waals surface area contributed by atoms with E-state index in [0.717, 1.165) is 5.69 Å². The minimum Gasteiger partial charge on any atom is -0.478 e. The zero-order valence-electron chi connectivity index (χ0n) is 8.03. The fourth-order valence-corrected chi connectivity index (χ4v) is 1.03. The quantitative estimate of drug-likeness (QED) is 0.718. The van der Waals surface area contributed by atoms with Crippen LogP contribution in [0.5, 0.6) is 0 Å². The lowest BCUT2D eigenvalue weighted by Gasteiger charge is -2.10. The summed E-state index contributed by atoms with van der Waals surface area (Å²) in [5.74, 6) is -0.909. The van der Waals surface area contributed by atoms with Crippen LogP contribution in [0.25, 0.3) is 0 Å². The molecule has 0 aliphatic carbocycles. The summed E-state index contributed by atoms with van der Waals surface area (Å²) >= 11 is 0. The number of nitrogens with one attached hydrogen (secondary N) is 1. The Morgan fingerprint density at radius 3 is 2.50 bits per heavy atom. The van der Waals surface area contributed by atoms with Crippen molar-refractivity contribution in [2.45, 2.75) is 13.0 Å². The van der Waals surface area contributed by atoms with Crippen molar-refractivity contribution in [1.29, 1.82) is 0 Å². The van der Waals surface area contributed by atoms with Gasteiger partial charge in [-0.05, 0) is 31.2 Å². The molecule has 2 N–H and O–H groups in total. The van der Waals surface area contributed by atoms with Gasteiger partial charge in [0.2, 0.25) is 0 Å². The fraction of sp³-hybridized carbons (Fsp3) is 0.182. The molecule has 0 aliphatic rings. The standard InChI is InChI=1S/C11H13NO2/c1-3-8(2)12-10-6-4-9(5-7-10)11(13)14/h3-8,12H,1H2,2H3,(H,13,14). The van der Waals surface area contributed by atoms with Gasteiger partial charge in [-0.3, -0.25) is 0 Å². The van der Waals surface area contributed by atoms with Gasteiger partial charge in [0.1, 0.15) is 0 Å². The van der Waals surface area contributed by atoms with Crippen LogP contribution in [-0.2, 0) is 0 Å². The van der Waals surface area contributed by atoms with Crippen molar-refractivity contribution in [2.24, 2.45) is 0 Å². The summed E-state index contributed by atoms with van der Waals surface area (Å²) in [5.41, 5.74) is 1.18. The Balaban J connectivity index is 2.73. The second-order valence-corrected chi connectivity index (χ2v) is 3.05. The smallest absolute Gasteiger partial charge is 0.335 e. The summed E-state index contributed by atoms with van der Waals surface area (Å²) in [6.07, 6.45) is 1.78. The molecule has 1 unspecified atom stereocenters. The molecule has 0 bridgehead atoms. The first-order valence-corrected chi connectivity index (χ1v) is 4.36. The first-order valence-electron chi connectivity index (χ1n) is 4.36.